The topological polar surface area (TPSA) is 40.6 Å². The summed E-state index contributed by atoms with van der Waals surface area (Å²) in [7, 11) is 0. The van der Waals surface area contributed by atoms with Gasteiger partial charge >= 0.3 is 0 Å². The molecule has 2 fully saturated rings. The molecule has 1 aromatic carbocycles. The van der Waals surface area contributed by atoms with Crippen LogP contribution in [0.1, 0.15) is 26.2 Å². The van der Waals surface area contributed by atoms with Crippen LogP contribution in [-0.4, -0.2) is 35.3 Å². The van der Waals surface area contributed by atoms with E-state index in [-0.39, 0.29) is 17.9 Å². The number of piperazine rings is 1. The van der Waals surface area contributed by atoms with Gasteiger partial charge in [-0.25, -0.2) is 0 Å². The summed E-state index contributed by atoms with van der Waals surface area (Å²) in [6.45, 7) is 2.45. The highest BCUT2D eigenvalue weighted by molar-refractivity contribution is 9.10. The van der Waals surface area contributed by atoms with Gasteiger partial charge in [-0.15, -0.1) is 0 Å². The SMILES string of the molecule is CC1C(=O)N2CCCCC2C(=O)N1c1cc(Br)ccc1Cl. The molecule has 2 amide bonds. The summed E-state index contributed by atoms with van der Waals surface area (Å²) in [5.41, 5.74) is 0.599. The number of amides is 2. The minimum absolute atomic E-state index is 0.00958. The molecule has 0 spiro atoms. The average molecular weight is 372 g/mol. The summed E-state index contributed by atoms with van der Waals surface area (Å²) in [4.78, 5) is 28.7. The lowest BCUT2D eigenvalue weighted by Gasteiger charge is -2.46. The van der Waals surface area contributed by atoms with Gasteiger partial charge in [0.1, 0.15) is 12.1 Å². The van der Waals surface area contributed by atoms with E-state index in [1.807, 2.05) is 6.07 Å². The third-order valence-corrected chi connectivity index (χ3v) is 5.03. The summed E-state index contributed by atoms with van der Waals surface area (Å²) < 4.78 is 0.834. The molecule has 0 aromatic heterocycles. The number of fused-ring (bicyclic) bond motifs is 1. The van der Waals surface area contributed by atoms with Crippen molar-refractivity contribution in [1.29, 1.82) is 0 Å². The van der Waals surface area contributed by atoms with E-state index in [2.05, 4.69) is 15.9 Å². The third-order valence-electron chi connectivity index (χ3n) is 4.22. The molecule has 3 rings (SSSR count). The predicted molar refractivity (Wildman–Crippen MR) is 85.5 cm³/mol. The van der Waals surface area contributed by atoms with Crippen LogP contribution >= 0.6 is 27.5 Å². The number of hydrogen-bond donors (Lipinski definition) is 0. The van der Waals surface area contributed by atoms with Gasteiger partial charge in [0.05, 0.1) is 10.7 Å². The van der Waals surface area contributed by atoms with Crippen molar-refractivity contribution < 1.29 is 9.59 Å². The number of rotatable bonds is 1. The van der Waals surface area contributed by atoms with E-state index in [0.717, 1.165) is 23.7 Å². The van der Waals surface area contributed by atoms with Gasteiger partial charge in [-0.05, 0) is 44.4 Å². The van der Waals surface area contributed by atoms with Gasteiger partial charge in [-0.2, -0.15) is 0 Å². The highest BCUT2D eigenvalue weighted by Crippen LogP contribution is 2.35. The summed E-state index contributed by atoms with van der Waals surface area (Å²) >= 11 is 9.64. The Hall–Kier alpha value is -1.07. The van der Waals surface area contributed by atoms with Gasteiger partial charge < -0.3 is 4.90 Å². The Bertz CT molecular complexity index is 607. The van der Waals surface area contributed by atoms with Crippen LogP contribution in [0.5, 0.6) is 0 Å². The third kappa shape index (κ3) is 2.46. The molecule has 2 atom stereocenters. The molecular formula is C15H16BrClN2O2. The highest BCUT2D eigenvalue weighted by Gasteiger charge is 2.45. The Morgan fingerprint density at radius 1 is 1.24 bits per heavy atom. The Morgan fingerprint density at radius 3 is 2.76 bits per heavy atom. The monoisotopic (exact) mass is 370 g/mol. The molecule has 0 bridgehead atoms. The van der Waals surface area contributed by atoms with Crippen LogP contribution < -0.4 is 4.90 Å². The van der Waals surface area contributed by atoms with Gasteiger partial charge in [-0.1, -0.05) is 27.5 Å². The first-order valence-corrected chi connectivity index (χ1v) is 8.26. The van der Waals surface area contributed by atoms with Crippen LogP contribution in [0.25, 0.3) is 0 Å². The number of nitrogens with zero attached hydrogens (tertiary/aromatic N) is 2. The van der Waals surface area contributed by atoms with Crippen molar-refractivity contribution in [2.75, 3.05) is 11.4 Å². The predicted octanol–water partition coefficient (Wildman–Crippen LogP) is 3.22. The molecule has 0 N–H and O–H groups in total. The van der Waals surface area contributed by atoms with Crippen molar-refractivity contribution >= 4 is 45.0 Å². The maximum Gasteiger partial charge on any atom is 0.250 e. The second kappa shape index (κ2) is 5.61. The normalized spacial score (nSPS) is 26.0. The van der Waals surface area contributed by atoms with Crippen LogP contribution in [0.4, 0.5) is 5.69 Å². The van der Waals surface area contributed by atoms with Crippen molar-refractivity contribution in [3.63, 3.8) is 0 Å². The molecule has 0 radical (unpaired) electrons. The molecule has 0 saturated carbocycles. The first kappa shape index (κ1) is 14.9. The van der Waals surface area contributed by atoms with Crippen molar-refractivity contribution in [2.45, 2.75) is 38.3 Å². The Kier molecular flexibility index (Phi) is 3.97. The number of anilines is 1. The van der Waals surface area contributed by atoms with E-state index in [1.165, 1.54) is 0 Å². The summed E-state index contributed by atoms with van der Waals surface area (Å²) in [5.74, 6) is -0.0165. The quantitative estimate of drug-likeness (QED) is 0.760. The largest absolute Gasteiger partial charge is 0.329 e. The molecule has 0 aliphatic carbocycles. The van der Waals surface area contributed by atoms with E-state index in [9.17, 15) is 9.59 Å². The number of piperidine rings is 1. The first-order chi connectivity index (χ1) is 10.0. The zero-order valence-electron chi connectivity index (χ0n) is 11.7. The Morgan fingerprint density at radius 2 is 2.00 bits per heavy atom. The number of hydrogen-bond acceptors (Lipinski definition) is 2. The molecule has 4 nitrogen and oxygen atoms in total. The summed E-state index contributed by atoms with van der Waals surface area (Å²) in [6.07, 6.45) is 2.69. The van der Waals surface area contributed by atoms with Gasteiger partial charge in [-0.3, -0.25) is 14.5 Å². The minimum atomic E-state index is -0.515. The lowest BCUT2D eigenvalue weighted by molar-refractivity contribution is -0.147. The fourth-order valence-electron chi connectivity index (χ4n) is 3.15. The molecule has 2 aliphatic heterocycles. The van der Waals surface area contributed by atoms with Crippen molar-refractivity contribution in [3.05, 3.63) is 27.7 Å². The fourth-order valence-corrected chi connectivity index (χ4v) is 3.71. The van der Waals surface area contributed by atoms with Crippen LogP contribution in [0, 0.1) is 0 Å². The van der Waals surface area contributed by atoms with E-state index < -0.39 is 6.04 Å². The molecule has 6 heteroatoms. The summed E-state index contributed by atoms with van der Waals surface area (Å²) in [5, 5.41) is 0.482. The maximum atomic E-state index is 12.8. The van der Waals surface area contributed by atoms with Gasteiger partial charge in [0.15, 0.2) is 0 Å². The Labute approximate surface area is 137 Å². The molecular weight excluding hydrogens is 356 g/mol. The highest BCUT2D eigenvalue weighted by atomic mass is 79.9. The number of carbonyl (C=O) groups is 2. The Balaban J connectivity index is 2.03. The van der Waals surface area contributed by atoms with Crippen LogP contribution in [0.15, 0.2) is 22.7 Å². The molecule has 2 heterocycles. The lowest BCUT2D eigenvalue weighted by atomic mass is 9.95. The van der Waals surface area contributed by atoms with E-state index in [0.29, 0.717) is 17.3 Å². The molecule has 21 heavy (non-hydrogen) atoms. The lowest BCUT2D eigenvalue weighted by Crippen LogP contribution is -2.65. The van der Waals surface area contributed by atoms with Gasteiger partial charge in [0.2, 0.25) is 5.91 Å². The van der Waals surface area contributed by atoms with E-state index in [1.54, 1.807) is 28.9 Å². The van der Waals surface area contributed by atoms with E-state index >= 15 is 0 Å². The number of carbonyl (C=O) groups excluding carboxylic acids is 2. The molecule has 112 valence electrons. The summed E-state index contributed by atoms with van der Waals surface area (Å²) in [6, 6.07) is 4.50. The second-order valence-corrected chi connectivity index (χ2v) is 6.85. The average Bonchev–Trinajstić information content (AvgIpc) is 2.49. The molecule has 2 aliphatic rings. The molecule has 2 unspecified atom stereocenters. The van der Waals surface area contributed by atoms with Gasteiger partial charge in [0, 0.05) is 11.0 Å². The van der Waals surface area contributed by atoms with Crippen LogP contribution in [0.2, 0.25) is 5.02 Å². The number of halogens is 2. The van der Waals surface area contributed by atoms with Crippen LogP contribution in [0.3, 0.4) is 0 Å². The second-order valence-electron chi connectivity index (χ2n) is 5.52. The van der Waals surface area contributed by atoms with Crippen molar-refractivity contribution in [2.24, 2.45) is 0 Å². The van der Waals surface area contributed by atoms with Crippen LogP contribution in [-0.2, 0) is 9.59 Å². The molecule has 2 saturated heterocycles. The first-order valence-electron chi connectivity index (χ1n) is 7.09. The standard InChI is InChI=1S/C15H16BrClN2O2/c1-9-14(20)18-7-3-2-4-12(18)15(21)19(9)13-8-10(16)5-6-11(13)17/h5-6,8-9,12H,2-4,7H2,1H3. The minimum Gasteiger partial charge on any atom is -0.329 e. The fraction of sp³-hybridized carbons (Fsp3) is 0.467. The van der Waals surface area contributed by atoms with Crippen molar-refractivity contribution in [1.82, 2.24) is 4.90 Å². The zero-order chi connectivity index (χ0) is 15.1. The maximum absolute atomic E-state index is 12.8. The van der Waals surface area contributed by atoms with Crippen molar-refractivity contribution in [3.8, 4) is 0 Å². The zero-order valence-corrected chi connectivity index (χ0v) is 14.0. The molecule has 1 aromatic rings. The van der Waals surface area contributed by atoms with E-state index in [4.69, 9.17) is 11.6 Å². The smallest absolute Gasteiger partial charge is 0.250 e. The van der Waals surface area contributed by atoms with Gasteiger partial charge in [0.25, 0.3) is 5.91 Å². The number of benzene rings is 1.